The molecule has 0 saturated carbocycles. The Hall–Kier alpha value is -3.00. The van der Waals surface area contributed by atoms with Crippen LogP contribution in [0.3, 0.4) is 0 Å². The summed E-state index contributed by atoms with van der Waals surface area (Å²) in [6, 6.07) is 9.50. The van der Waals surface area contributed by atoms with Crippen LogP contribution in [0.25, 0.3) is 0 Å². The number of amides is 1. The highest BCUT2D eigenvalue weighted by Gasteiger charge is 2.17. The number of benzene rings is 2. The van der Waals surface area contributed by atoms with E-state index in [9.17, 15) is 25.0 Å². The number of rotatable bonds is 5. The lowest BCUT2D eigenvalue weighted by molar-refractivity contribution is -0.385. The fourth-order valence-electron chi connectivity index (χ4n) is 1.92. The van der Waals surface area contributed by atoms with E-state index >= 15 is 0 Å². The molecule has 1 N–H and O–H groups in total. The van der Waals surface area contributed by atoms with Crippen LogP contribution in [-0.2, 0) is 11.2 Å². The van der Waals surface area contributed by atoms with Gasteiger partial charge in [-0.05, 0) is 6.07 Å². The number of hydrogen-bond donors (Lipinski definition) is 1. The zero-order valence-corrected chi connectivity index (χ0v) is 12.3. The van der Waals surface area contributed by atoms with Crippen molar-refractivity contribution in [2.75, 3.05) is 5.32 Å². The molecule has 0 fully saturated rings. The molecule has 0 bridgehead atoms. The zero-order valence-electron chi connectivity index (χ0n) is 11.6. The molecule has 9 heteroatoms. The van der Waals surface area contributed by atoms with Gasteiger partial charge in [0.15, 0.2) is 0 Å². The summed E-state index contributed by atoms with van der Waals surface area (Å²) in [5.74, 6) is -0.518. The van der Waals surface area contributed by atoms with Crippen molar-refractivity contribution in [2.45, 2.75) is 6.42 Å². The molecule has 118 valence electrons. The van der Waals surface area contributed by atoms with Gasteiger partial charge >= 0.3 is 0 Å². The summed E-state index contributed by atoms with van der Waals surface area (Å²) in [4.78, 5) is 32.4. The van der Waals surface area contributed by atoms with Crippen LogP contribution in [-0.4, -0.2) is 15.8 Å². The number of carbonyl (C=O) groups excluding carboxylic acids is 1. The second-order valence-electron chi connectivity index (χ2n) is 4.53. The van der Waals surface area contributed by atoms with Crippen LogP contribution in [0.15, 0.2) is 42.5 Å². The number of hydrogen-bond acceptors (Lipinski definition) is 5. The summed E-state index contributed by atoms with van der Waals surface area (Å²) in [5, 5.41) is 24.0. The number of carbonyl (C=O) groups is 1. The van der Waals surface area contributed by atoms with Crippen molar-refractivity contribution in [3.63, 3.8) is 0 Å². The number of nitro groups is 2. The molecule has 0 atom stereocenters. The summed E-state index contributed by atoms with van der Waals surface area (Å²) < 4.78 is 0. The second-order valence-corrected chi connectivity index (χ2v) is 4.94. The van der Waals surface area contributed by atoms with Crippen molar-refractivity contribution in [3.05, 3.63) is 73.3 Å². The summed E-state index contributed by atoms with van der Waals surface area (Å²) in [7, 11) is 0. The summed E-state index contributed by atoms with van der Waals surface area (Å²) in [6.07, 6.45) is -0.218. The van der Waals surface area contributed by atoms with E-state index in [0.29, 0.717) is 0 Å². The first-order valence-electron chi connectivity index (χ1n) is 6.34. The van der Waals surface area contributed by atoms with Crippen molar-refractivity contribution in [1.29, 1.82) is 0 Å². The highest BCUT2D eigenvalue weighted by atomic mass is 35.5. The van der Waals surface area contributed by atoms with Gasteiger partial charge in [-0.25, -0.2) is 0 Å². The van der Waals surface area contributed by atoms with Crippen molar-refractivity contribution < 1.29 is 14.6 Å². The minimum absolute atomic E-state index is 0.00936. The highest BCUT2D eigenvalue weighted by molar-refractivity contribution is 6.34. The largest absolute Gasteiger partial charge is 0.324 e. The normalized spacial score (nSPS) is 10.1. The van der Waals surface area contributed by atoms with Gasteiger partial charge in [0.05, 0.1) is 27.0 Å². The van der Waals surface area contributed by atoms with Crippen LogP contribution in [0.1, 0.15) is 5.56 Å². The number of non-ortho nitro benzene ring substituents is 1. The van der Waals surface area contributed by atoms with Gasteiger partial charge in [-0.1, -0.05) is 29.8 Å². The third kappa shape index (κ3) is 4.01. The summed E-state index contributed by atoms with van der Waals surface area (Å²) in [5.41, 5.74) is 0.0954. The Bertz CT molecular complexity index is 794. The molecule has 0 aliphatic rings. The fraction of sp³-hybridized carbons (Fsp3) is 0.0714. The molecule has 2 aromatic rings. The first-order valence-corrected chi connectivity index (χ1v) is 6.72. The predicted octanol–water partition coefficient (Wildman–Crippen LogP) is 3.34. The number of anilines is 1. The van der Waals surface area contributed by atoms with Crippen molar-refractivity contribution >= 4 is 34.6 Å². The lowest BCUT2D eigenvalue weighted by Gasteiger charge is -2.07. The second kappa shape index (κ2) is 6.84. The SMILES string of the molecule is O=C(Cc1ccccc1[N+](=O)[O-])Nc1ccc([N+](=O)[O-])cc1Cl. The number of nitrogens with zero attached hydrogens (tertiary/aromatic N) is 2. The molecule has 0 aliphatic carbocycles. The maximum Gasteiger partial charge on any atom is 0.273 e. The van der Waals surface area contributed by atoms with Crippen LogP contribution < -0.4 is 5.32 Å². The number of nitro benzene ring substituents is 2. The zero-order chi connectivity index (χ0) is 17.0. The van der Waals surface area contributed by atoms with Crippen molar-refractivity contribution in [3.8, 4) is 0 Å². The van der Waals surface area contributed by atoms with E-state index in [2.05, 4.69) is 5.32 Å². The van der Waals surface area contributed by atoms with Crippen molar-refractivity contribution in [2.24, 2.45) is 0 Å². The van der Waals surface area contributed by atoms with Crippen LogP contribution in [0.4, 0.5) is 17.1 Å². The van der Waals surface area contributed by atoms with Gasteiger partial charge in [-0.2, -0.15) is 0 Å². The van der Waals surface area contributed by atoms with E-state index < -0.39 is 15.8 Å². The molecule has 0 saturated heterocycles. The minimum atomic E-state index is -0.606. The first-order chi connectivity index (χ1) is 10.9. The maximum absolute atomic E-state index is 12.0. The Labute approximate surface area is 135 Å². The Kier molecular flexibility index (Phi) is 4.87. The maximum atomic E-state index is 12.0. The standard InChI is InChI=1S/C14H10ClN3O5/c15-11-8-10(17(20)21)5-6-12(11)16-14(19)7-9-3-1-2-4-13(9)18(22)23/h1-6,8H,7H2,(H,16,19). The topological polar surface area (TPSA) is 115 Å². The Morgan fingerprint density at radius 1 is 1.09 bits per heavy atom. The van der Waals surface area contributed by atoms with E-state index in [4.69, 9.17) is 11.6 Å². The molecule has 0 aliphatic heterocycles. The molecular formula is C14H10ClN3O5. The monoisotopic (exact) mass is 335 g/mol. The number of nitrogens with one attached hydrogen (secondary N) is 1. The average Bonchev–Trinajstić information content (AvgIpc) is 2.49. The average molecular weight is 336 g/mol. The van der Waals surface area contributed by atoms with E-state index in [1.165, 1.54) is 30.3 Å². The van der Waals surface area contributed by atoms with Crippen molar-refractivity contribution in [1.82, 2.24) is 0 Å². The molecule has 0 heterocycles. The quantitative estimate of drug-likeness (QED) is 0.664. The van der Waals surface area contributed by atoms with Gasteiger partial charge in [0, 0.05) is 23.8 Å². The molecule has 23 heavy (non-hydrogen) atoms. The van der Waals surface area contributed by atoms with Gasteiger partial charge in [-0.15, -0.1) is 0 Å². The van der Waals surface area contributed by atoms with Crippen LogP contribution in [0, 0.1) is 20.2 Å². The number of para-hydroxylation sites is 1. The highest BCUT2D eigenvalue weighted by Crippen LogP contribution is 2.27. The van der Waals surface area contributed by atoms with Crippen LogP contribution in [0.2, 0.25) is 5.02 Å². The molecule has 2 rings (SSSR count). The molecule has 2 aromatic carbocycles. The first kappa shape index (κ1) is 16.4. The summed E-state index contributed by atoms with van der Waals surface area (Å²) >= 11 is 5.87. The summed E-state index contributed by atoms with van der Waals surface area (Å²) in [6.45, 7) is 0. The van der Waals surface area contributed by atoms with Gasteiger partial charge in [0.25, 0.3) is 11.4 Å². The molecule has 0 unspecified atom stereocenters. The molecule has 0 spiro atoms. The fourth-order valence-corrected chi connectivity index (χ4v) is 2.15. The van der Waals surface area contributed by atoms with Gasteiger partial charge < -0.3 is 5.32 Å². The van der Waals surface area contributed by atoms with Gasteiger partial charge in [-0.3, -0.25) is 25.0 Å². The number of halogens is 1. The van der Waals surface area contributed by atoms with Gasteiger partial charge in [0.1, 0.15) is 0 Å². The molecule has 8 nitrogen and oxygen atoms in total. The molecule has 0 aromatic heterocycles. The predicted molar refractivity (Wildman–Crippen MR) is 83.5 cm³/mol. The van der Waals surface area contributed by atoms with Crippen LogP contribution >= 0.6 is 11.6 Å². The Morgan fingerprint density at radius 2 is 1.78 bits per heavy atom. The third-order valence-electron chi connectivity index (χ3n) is 2.98. The molecule has 1 amide bonds. The lowest BCUT2D eigenvalue weighted by Crippen LogP contribution is -2.15. The lowest BCUT2D eigenvalue weighted by atomic mass is 10.1. The third-order valence-corrected chi connectivity index (χ3v) is 3.29. The van der Waals surface area contributed by atoms with E-state index in [1.54, 1.807) is 6.07 Å². The molecule has 0 radical (unpaired) electrons. The minimum Gasteiger partial charge on any atom is -0.324 e. The smallest absolute Gasteiger partial charge is 0.273 e. The Morgan fingerprint density at radius 3 is 2.39 bits per heavy atom. The van der Waals surface area contributed by atoms with E-state index in [-0.39, 0.29) is 34.1 Å². The van der Waals surface area contributed by atoms with E-state index in [0.717, 1.165) is 6.07 Å². The van der Waals surface area contributed by atoms with Crippen LogP contribution in [0.5, 0.6) is 0 Å². The molecular weight excluding hydrogens is 326 g/mol. The van der Waals surface area contributed by atoms with E-state index in [1.807, 2.05) is 0 Å². The van der Waals surface area contributed by atoms with Gasteiger partial charge in [0.2, 0.25) is 5.91 Å². The Balaban J connectivity index is 2.15.